The lowest BCUT2D eigenvalue weighted by atomic mass is 9.43. The molecule has 2 N–H and O–H groups in total. The summed E-state index contributed by atoms with van der Waals surface area (Å²) in [5.74, 6) is 2.82. The molecule has 0 aromatic rings. The molecule has 0 saturated heterocycles. The van der Waals surface area contributed by atoms with Crippen LogP contribution in [-0.2, 0) is 4.79 Å². The van der Waals surface area contributed by atoms with E-state index in [9.17, 15) is 15.0 Å². The van der Waals surface area contributed by atoms with E-state index in [1.807, 2.05) is 6.92 Å². The molecule has 182 valence electrons. The number of allylic oxidation sites excluding steroid dienone is 2. The van der Waals surface area contributed by atoms with E-state index in [0.29, 0.717) is 23.7 Å². The minimum atomic E-state index is -1.03. The molecule has 0 aliphatic heterocycles. The summed E-state index contributed by atoms with van der Waals surface area (Å²) in [6.45, 7) is 14.0. The molecular formula is C29H48O3. The first-order valence-corrected chi connectivity index (χ1v) is 13.6. The van der Waals surface area contributed by atoms with Gasteiger partial charge in [0.1, 0.15) is 0 Å². The van der Waals surface area contributed by atoms with E-state index in [1.165, 1.54) is 44.9 Å². The van der Waals surface area contributed by atoms with Gasteiger partial charge >= 0.3 is 5.97 Å². The van der Waals surface area contributed by atoms with Crippen LogP contribution in [-0.4, -0.2) is 22.3 Å². The Kier molecular flexibility index (Phi) is 6.40. The highest BCUT2D eigenvalue weighted by atomic mass is 16.4. The zero-order valence-corrected chi connectivity index (χ0v) is 21.5. The molecule has 4 aliphatic carbocycles. The van der Waals surface area contributed by atoms with Gasteiger partial charge in [-0.3, -0.25) is 4.79 Å². The Labute approximate surface area is 196 Å². The van der Waals surface area contributed by atoms with E-state index in [2.05, 4.69) is 40.7 Å². The molecule has 3 fully saturated rings. The third-order valence-corrected chi connectivity index (χ3v) is 11.3. The fraction of sp³-hybridized carbons (Fsp3) is 0.897. The number of hydrogen-bond donors (Lipinski definition) is 2. The maximum absolute atomic E-state index is 12.3. The van der Waals surface area contributed by atoms with Gasteiger partial charge in [-0.2, -0.15) is 0 Å². The van der Waals surface area contributed by atoms with Crippen molar-refractivity contribution < 1.29 is 15.0 Å². The summed E-state index contributed by atoms with van der Waals surface area (Å²) < 4.78 is 0. The van der Waals surface area contributed by atoms with Gasteiger partial charge in [-0.1, -0.05) is 65.5 Å². The SMILES string of the molecule is CC(C)CCC[C@@H](C)[C@H]1CC[C@H]2C3=CC[C@@H]4[C@](C)(CC[C@H](O)[C@@]4(C)C(=O)O)[C@H]3CC[C@]12C. The van der Waals surface area contributed by atoms with Gasteiger partial charge < -0.3 is 10.2 Å². The van der Waals surface area contributed by atoms with E-state index in [-0.39, 0.29) is 11.3 Å². The zero-order chi connectivity index (χ0) is 23.5. The number of aliphatic hydroxyl groups excluding tert-OH is 1. The number of carboxylic acids is 1. The molecule has 3 heteroatoms. The highest BCUT2D eigenvalue weighted by molar-refractivity contribution is 5.76. The molecule has 0 aromatic carbocycles. The third-order valence-electron chi connectivity index (χ3n) is 11.3. The van der Waals surface area contributed by atoms with E-state index in [1.54, 1.807) is 5.57 Å². The van der Waals surface area contributed by atoms with Crippen molar-refractivity contribution in [3.8, 4) is 0 Å². The van der Waals surface area contributed by atoms with Crippen molar-refractivity contribution in [1.82, 2.24) is 0 Å². The minimum absolute atomic E-state index is 0.00124. The molecule has 3 nitrogen and oxygen atoms in total. The number of fused-ring (bicyclic) bond motifs is 5. The van der Waals surface area contributed by atoms with E-state index in [4.69, 9.17) is 0 Å². The van der Waals surface area contributed by atoms with Crippen molar-refractivity contribution >= 4 is 5.97 Å². The van der Waals surface area contributed by atoms with Crippen LogP contribution in [0.1, 0.15) is 106 Å². The molecule has 0 radical (unpaired) electrons. The highest BCUT2D eigenvalue weighted by Gasteiger charge is 2.64. The van der Waals surface area contributed by atoms with Crippen LogP contribution in [0.25, 0.3) is 0 Å². The number of rotatable bonds is 6. The normalized spacial score (nSPS) is 46.8. The van der Waals surface area contributed by atoms with Crippen LogP contribution >= 0.6 is 0 Å². The number of aliphatic carboxylic acids is 1. The summed E-state index contributed by atoms with van der Waals surface area (Å²) in [5.41, 5.74) is 1.06. The molecule has 0 bridgehead atoms. The highest BCUT2D eigenvalue weighted by Crippen LogP contribution is 2.68. The van der Waals surface area contributed by atoms with Gasteiger partial charge in [0.2, 0.25) is 0 Å². The summed E-state index contributed by atoms with van der Waals surface area (Å²) in [6.07, 6.45) is 13.4. The lowest BCUT2D eigenvalue weighted by molar-refractivity contribution is -0.182. The van der Waals surface area contributed by atoms with Crippen LogP contribution in [0, 0.1) is 51.8 Å². The fourth-order valence-electron chi connectivity index (χ4n) is 9.33. The van der Waals surface area contributed by atoms with Crippen molar-refractivity contribution in [2.24, 2.45) is 51.8 Å². The van der Waals surface area contributed by atoms with Crippen LogP contribution in [0.2, 0.25) is 0 Å². The van der Waals surface area contributed by atoms with E-state index in [0.717, 1.165) is 30.6 Å². The van der Waals surface area contributed by atoms with Gasteiger partial charge in [0.05, 0.1) is 11.5 Å². The van der Waals surface area contributed by atoms with Crippen molar-refractivity contribution in [1.29, 1.82) is 0 Å². The quantitative estimate of drug-likeness (QED) is 0.430. The summed E-state index contributed by atoms with van der Waals surface area (Å²) in [7, 11) is 0. The second-order valence-electron chi connectivity index (χ2n) is 13.3. The van der Waals surface area contributed by atoms with E-state index >= 15 is 0 Å². The molecule has 0 unspecified atom stereocenters. The molecule has 0 amide bonds. The predicted octanol–water partition coefficient (Wildman–Crippen LogP) is 7.09. The first-order valence-electron chi connectivity index (χ1n) is 13.6. The van der Waals surface area contributed by atoms with Gasteiger partial charge in [-0.15, -0.1) is 0 Å². The van der Waals surface area contributed by atoms with Gasteiger partial charge in [0, 0.05) is 0 Å². The van der Waals surface area contributed by atoms with Crippen molar-refractivity contribution in [2.75, 3.05) is 0 Å². The van der Waals surface area contributed by atoms with Gasteiger partial charge in [-0.05, 0) is 98.2 Å². The first kappa shape index (κ1) is 24.3. The number of carboxylic acid groups (broad SMARTS) is 1. The predicted molar refractivity (Wildman–Crippen MR) is 130 cm³/mol. The molecule has 0 spiro atoms. The topological polar surface area (TPSA) is 57.5 Å². The van der Waals surface area contributed by atoms with Crippen molar-refractivity contribution in [3.63, 3.8) is 0 Å². The largest absolute Gasteiger partial charge is 0.481 e. The zero-order valence-electron chi connectivity index (χ0n) is 21.5. The first-order chi connectivity index (χ1) is 15.0. The maximum atomic E-state index is 12.3. The molecule has 4 aliphatic rings. The van der Waals surface area contributed by atoms with Crippen LogP contribution in [0.4, 0.5) is 0 Å². The summed E-state index contributed by atoms with van der Waals surface area (Å²) >= 11 is 0. The van der Waals surface area contributed by atoms with Gasteiger partial charge in [-0.25, -0.2) is 0 Å². The fourth-order valence-corrected chi connectivity index (χ4v) is 9.33. The van der Waals surface area contributed by atoms with Gasteiger partial charge in [0.25, 0.3) is 0 Å². The molecule has 0 heterocycles. The Bertz CT molecular complexity index is 756. The van der Waals surface area contributed by atoms with Crippen molar-refractivity contribution in [3.05, 3.63) is 11.6 Å². The minimum Gasteiger partial charge on any atom is -0.481 e. The standard InChI is InChI=1S/C29H48O3/c1-18(2)8-7-9-19(3)21-11-12-22-20-10-13-24-28(5,23(20)14-16-27(21,22)4)17-15-25(30)29(24,6)26(31)32/h10,18-19,21-25,30H,7-9,11-17H2,1-6H3,(H,31,32)/t19-,21-,22+,23+,24-,25+,27-,28-,29+/m1/s1. The average molecular weight is 445 g/mol. The van der Waals surface area contributed by atoms with Crippen LogP contribution in [0.15, 0.2) is 11.6 Å². The Morgan fingerprint density at radius 3 is 2.31 bits per heavy atom. The molecule has 3 saturated carbocycles. The summed E-state index contributed by atoms with van der Waals surface area (Å²) in [4.78, 5) is 12.3. The number of hydrogen-bond acceptors (Lipinski definition) is 2. The summed E-state index contributed by atoms with van der Waals surface area (Å²) in [5, 5.41) is 20.9. The smallest absolute Gasteiger partial charge is 0.312 e. The molecule has 32 heavy (non-hydrogen) atoms. The Morgan fingerprint density at radius 2 is 1.66 bits per heavy atom. The van der Waals surface area contributed by atoms with Crippen LogP contribution in [0.3, 0.4) is 0 Å². The number of aliphatic hydroxyl groups is 1. The summed E-state index contributed by atoms with van der Waals surface area (Å²) in [6, 6.07) is 0. The van der Waals surface area contributed by atoms with E-state index < -0.39 is 17.5 Å². The monoisotopic (exact) mass is 444 g/mol. The second kappa shape index (κ2) is 8.43. The molecule has 9 atom stereocenters. The lowest BCUT2D eigenvalue weighted by Gasteiger charge is -2.61. The number of carbonyl (C=O) groups is 1. The Morgan fingerprint density at radius 1 is 1.00 bits per heavy atom. The van der Waals surface area contributed by atoms with Crippen LogP contribution < -0.4 is 0 Å². The van der Waals surface area contributed by atoms with Gasteiger partial charge in [0.15, 0.2) is 0 Å². The third kappa shape index (κ3) is 3.51. The average Bonchev–Trinajstić information content (AvgIpc) is 3.08. The van der Waals surface area contributed by atoms with Crippen molar-refractivity contribution in [2.45, 2.75) is 112 Å². The molecular weight excluding hydrogens is 396 g/mol. The molecule has 4 rings (SSSR count). The molecule has 0 aromatic heterocycles. The second-order valence-corrected chi connectivity index (χ2v) is 13.3. The Hall–Kier alpha value is -0.830. The maximum Gasteiger partial charge on any atom is 0.312 e. The van der Waals surface area contributed by atoms with Crippen LogP contribution in [0.5, 0.6) is 0 Å². The Balaban J connectivity index is 1.58. The lowest BCUT2D eigenvalue weighted by Crippen LogP contribution is -2.60.